The largest absolute Gasteiger partial charge is 0.480 e. The zero-order chi connectivity index (χ0) is 12.3. The summed E-state index contributed by atoms with van der Waals surface area (Å²) in [5.74, 6) is -1.47. The van der Waals surface area contributed by atoms with Crippen molar-refractivity contribution in [3.8, 4) is 0 Å². The van der Waals surface area contributed by atoms with Crippen molar-refractivity contribution in [3.63, 3.8) is 0 Å². The highest BCUT2D eigenvalue weighted by Gasteiger charge is 2.33. The van der Waals surface area contributed by atoms with Gasteiger partial charge in [-0.15, -0.1) is 5.06 Å². The zero-order valence-corrected chi connectivity index (χ0v) is 9.20. The molecule has 0 radical (unpaired) electrons. The summed E-state index contributed by atoms with van der Waals surface area (Å²) in [6.45, 7) is 0.468. The van der Waals surface area contributed by atoms with Gasteiger partial charge in [-0.1, -0.05) is 18.2 Å². The highest BCUT2D eigenvalue weighted by atomic mass is 16.7. The lowest BCUT2D eigenvalue weighted by Crippen LogP contribution is -2.37. The monoisotopic (exact) mass is 235 g/mol. The molecule has 0 aliphatic carbocycles. The predicted molar refractivity (Wildman–Crippen MR) is 59.2 cm³/mol. The standard InChI is InChI=1S/C12H13NO4/c14-11(15)10-7-4-8-13(10)17-12(16)9-5-2-1-3-6-9/h1-3,5-6,10H,4,7-8H2,(H,14,15)/t10-/m1/s1. The number of hydrogen-bond acceptors (Lipinski definition) is 4. The van der Waals surface area contributed by atoms with Gasteiger partial charge in [0.05, 0.1) is 5.56 Å². The molecule has 0 aromatic heterocycles. The Bertz CT molecular complexity index is 418. The van der Waals surface area contributed by atoms with Gasteiger partial charge < -0.3 is 9.94 Å². The molecule has 1 aliphatic heterocycles. The predicted octanol–water partition coefficient (Wildman–Crippen LogP) is 1.31. The Morgan fingerprint density at radius 3 is 2.65 bits per heavy atom. The molecule has 5 heteroatoms. The van der Waals surface area contributed by atoms with Crippen molar-refractivity contribution in [2.45, 2.75) is 18.9 Å². The average molecular weight is 235 g/mol. The summed E-state index contributed by atoms with van der Waals surface area (Å²) < 4.78 is 0. The molecule has 1 atom stereocenters. The number of rotatable bonds is 3. The Hall–Kier alpha value is -1.88. The number of carbonyl (C=O) groups is 2. The van der Waals surface area contributed by atoms with Gasteiger partial charge in [-0.05, 0) is 25.0 Å². The van der Waals surface area contributed by atoms with Crippen molar-refractivity contribution in [2.24, 2.45) is 0 Å². The lowest BCUT2D eigenvalue weighted by Gasteiger charge is -2.19. The molecule has 0 amide bonds. The average Bonchev–Trinajstić information content (AvgIpc) is 2.78. The van der Waals surface area contributed by atoms with Crippen molar-refractivity contribution in [3.05, 3.63) is 35.9 Å². The Balaban J connectivity index is 2.02. The van der Waals surface area contributed by atoms with E-state index in [1.54, 1.807) is 30.3 Å². The highest BCUT2D eigenvalue weighted by molar-refractivity contribution is 5.89. The normalized spacial score (nSPS) is 20.1. The van der Waals surface area contributed by atoms with Gasteiger partial charge in [0.15, 0.2) is 0 Å². The maximum Gasteiger partial charge on any atom is 0.357 e. The van der Waals surface area contributed by atoms with E-state index in [2.05, 4.69) is 0 Å². The molecule has 1 aromatic rings. The number of carboxylic acid groups (broad SMARTS) is 1. The van der Waals surface area contributed by atoms with Crippen LogP contribution in [0.2, 0.25) is 0 Å². The third-order valence-corrected chi connectivity index (χ3v) is 2.70. The summed E-state index contributed by atoms with van der Waals surface area (Å²) in [5.41, 5.74) is 0.420. The first kappa shape index (κ1) is 11.6. The summed E-state index contributed by atoms with van der Waals surface area (Å²) in [7, 11) is 0. The number of aliphatic carboxylic acids is 1. The van der Waals surface area contributed by atoms with Crippen LogP contribution in [0.5, 0.6) is 0 Å². The number of hydrogen-bond donors (Lipinski definition) is 1. The fourth-order valence-electron chi connectivity index (χ4n) is 1.83. The molecule has 5 nitrogen and oxygen atoms in total. The maximum absolute atomic E-state index is 11.7. The van der Waals surface area contributed by atoms with Crippen LogP contribution < -0.4 is 0 Å². The molecule has 1 aromatic carbocycles. The zero-order valence-electron chi connectivity index (χ0n) is 9.20. The first-order valence-corrected chi connectivity index (χ1v) is 5.45. The Morgan fingerprint density at radius 2 is 2.00 bits per heavy atom. The van der Waals surface area contributed by atoms with Crippen LogP contribution in [0.1, 0.15) is 23.2 Å². The van der Waals surface area contributed by atoms with Gasteiger partial charge in [0.2, 0.25) is 0 Å². The van der Waals surface area contributed by atoms with Crippen LogP contribution in [-0.4, -0.2) is 34.7 Å². The minimum atomic E-state index is -0.955. The molecule has 1 N–H and O–H groups in total. The summed E-state index contributed by atoms with van der Waals surface area (Å²) in [6, 6.07) is 7.81. The first-order chi connectivity index (χ1) is 8.18. The summed E-state index contributed by atoms with van der Waals surface area (Å²) in [6.07, 6.45) is 1.23. The van der Waals surface area contributed by atoms with E-state index in [9.17, 15) is 9.59 Å². The highest BCUT2D eigenvalue weighted by Crippen LogP contribution is 2.18. The molecular formula is C12H13NO4. The molecule has 1 heterocycles. The Labute approximate surface area is 98.6 Å². The fraction of sp³-hybridized carbons (Fsp3) is 0.333. The van der Waals surface area contributed by atoms with Gasteiger partial charge in [-0.3, -0.25) is 4.79 Å². The quantitative estimate of drug-likeness (QED) is 0.855. The van der Waals surface area contributed by atoms with E-state index in [-0.39, 0.29) is 0 Å². The Morgan fingerprint density at radius 1 is 1.29 bits per heavy atom. The number of carboxylic acids is 1. The minimum Gasteiger partial charge on any atom is -0.480 e. The lowest BCUT2D eigenvalue weighted by molar-refractivity contribution is -0.162. The van der Waals surface area contributed by atoms with Crippen LogP contribution in [0.3, 0.4) is 0 Å². The molecule has 1 fully saturated rings. The summed E-state index contributed by atoms with van der Waals surface area (Å²) in [5, 5.41) is 10.2. The molecule has 1 aliphatic rings. The van der Waals surface area contributed by atoms with Crippen molar-refractivity contribution >= 4 is 11.9 Å². The third-order valence-electron chi connectivity index (χ3n) is 2.70. The van der Waals surface area contributed by atoms with Crippen LogP contribution >= 0.6 is 0 Å². The number of nitrogens with zero attached hydrogens (tertiary/aromatic N) is 1. The molecular weight excluding hydrogens is 222 g/mol. The van der Waals surface area contributed by atoms with E-state index >= 15 is 0 Å². The van der Waals surface area contributed by atoms with E-state index in [1.165, 1.54) is 5.06 Å². The van der Waals surface area contributed by atoms with E-state index in [0.717, 1.165) is 6.42 Å². The van der Waals surface area contributed by atoms with Crippen LogP contribution in [0.4, 0.5) is 0 Å². The molecule has 0 unspecified atom stereocenters. The SMILES string of the molecule is O=C(ON1CCC[C@@H]1C(=O)O)c1ccccc1. The minimum absolute atomic E-state index is 0.420. The molecule has 90 valence electrons. The second-order valence-corrected chi connectivity index (χ2v) is 3.88. The van der Waals surface area contributed by atoms with Gasteiger partial charge in [0, 0.05) is 6.54 Å². The second kappa shape index (κ2) is 4.97. The fourth-order valence-corrected chi connectivity index (χ4v) is 1.83. The van der Waals surface area contributed by atoms with Crippen molar-refractivity contribution in [2.75, 3.05) is 6.54 Å². The molecule has 0 saturated carbocycles. The summed E-state index contributed by atoms with van der Waals surface area (Å²) in [4.78, 5) is 27.7. The second-order valence-electron chi connectivity index (χ2n) is 3.88. The van der Waals surface area contributed by atoms with Crippen LogP contribution in [0.25, 0.3) is 0 Å². The van der Waals surface area contributed by atoms with Gasteiger partial charge in [0.1, 0.15) is 6.04 Å². The molecule has 0 bridgehead atoms. The number of carbonyl (C=O) groups excluding carboxylic acids is 1. The maximum atomic E-state index is 11.7. The van der Waals surface area contributed by atoms with Gasteiger partial charge in [0.25, 0.3) is 0 Å². The third kappa shape index (κ3) is 2.62. The van der Waals surface area contributed by atoms with Crippen LogP contribution in [0, 0.1) is 0 Å². The van der Waals surface area contributed by atoms with E-state index in [1.807, 2.05) is 0 Å². The van der Waals surface area contributed by atoms with Gasteiger partial charge >= 0.3 is 11.9 Å². The molecule has 2 rings (SSSR count). The molecule has 1 saturated heterocycles. The van der Waals surface area contributed by atoms with Crippen LogP contribution in [-0.2, 0) is 9.63 Å². The molecule has 0 spiro atoms. The van der Waals surface area contributed by atoms with Crippen molar-refractivity contribution < 1.29 is 19.5 Å². The Kier molecular flexibility index (Phi) is 3.39. The first-order valence-electron chi connectivity index (χ1n) is 5.45. The van der Waals surface area contributed by atoms with E-state index in [4.69, 9.17) is 9.94 Å². The molecule has 17 heavy (non-hydrogen) atoms. The van der Waals surface area contributed by atoms with Crippen molar-refractivity contribution in [1.82, 2.24) is 5.06 Å². The van der Waals surface area contributed by atoms with Crippen molar-refractivity contribution in [1.29, 1.82) is 0 Å². The topological polar surface area (TPSA) is 66.8 Å². The van der Waals surface area contributed by atoms with Gasteiger partial charge in [-0.25, -0.2) is 4.79 Å². The smallest absolute Gasteiger partial charge is 0.357 e. The number of hydroxylamine groups is 2. The number of benzene rings is 1. The van der Waals surface area contributed by atoms with Crippen LogP contribution in [0.15, 0.2) is 30.3 Å². The van der Waals surface area contributed by atoms with Gasteiger partial charge in [-0.2, -0.15) is 0 Å². The lowest BCUT2D eigenvalue weighted by atomic mass is 10.2. The summed E-state index contributed by atoms with van der Waals surface area (Å²) >= 11 is 0. The van der Waals surface area contributed by atoms with E-state index in [0.29, 0.717) is 18.5 Å². The van der Waals surface area contributed by atoms with E-state index < -0.39 is 18.0 Å².